The zero-order valence-electron chi connectivity index (χ0n) is 34.4. The third-order valence-electron chi connectivity index (χ3n) is 12.8. The quantitative estimate of drug-likeness (QED) is 0.166. The molecule has 8 aromatic carbocycles. The average molecular weight is 821 g/mol. The van der Waals surface area contributed by atoms with Crippen molar-refractivity contribution in [2.24, 2.45) is 0 Å². The van der Waals surface area contributed by atoms with Gasteiger partial charge in [0.25, 0.3) is 0 Å². The second-order valence-corrected chi connectivity index (χ2v) is 16.6. The summed E-state index contributed by atoms with van der Waals surface area (Å²) in [6.45, 7) is 0. The molecule has 2 aliphatic rings. The van der Waals surface area contributed by atoms with Crippen molar-refractivity contribution in [1.82, 2.24) is 19.9 Å². The molecule has 0 N–H and O–H groups in total. The zero-order chi connectivity index (χ0) is 42.1. The van der Waals surface area contributed by atoms with Gasteiger partial charge in [0.15, 0.2) is 17.5 Å². The number of hydrogen-bond acceptors (Lipinski definition) is 6. The maximum absolute atomic E-state index is 6.66. The average Bonchev–Trinajstić information content (AvgIpc) is 3.95. The molecule has 4 heterocycles. The molecule has 0 saturated heterocycles. The van der Waals surface area contributed by atoms with E-state index in [1.807, 2.05) is 42.6 Å². The standard InChI is InChI=1S/C58H36N4O2/c1-2-11-38(12-3-1)56-60-57(39-18-16-35(17-19-39)42-13-8-28-59-34-42)62-58(61-56)45-30-43(40-22-26-52-50(32-40)48-24-20-36-9-4-6-14-46(36)54(48)63-52)29-44(31-45)41-23-27-53-51(33-41)49-25-21-37-10-5-7-15-47(37)55(49)64-53/h1-34,48,54H. The predicted octanol–water partition coefficient (Wildman–Crippen LogP) is 14.6. The first-order valence-electron chi connectivity index (χ1n) is 21.6. The molecule has 1 aliphatic heterocycles. The summed E-state index contributed by atoms with van der Waals surface area (Å²) in [6, 6.07) is 63.5. The summed E-state index contributed by atoms with van der Waals surface area (Å²) in [5, 5.41) is 4.42. The lowest BCUT2D eigenvalue weighted by Gasteiger charge is -2.22. The predicted molar refractivity (Wildman–Crippen MR) is 257 cm³/mol. The monoisotopic (exact) mass is 820 g/mol. The van der Waals surface area contributed by atoms with Crippen LogP contribution in [0.15, 0.2) is 205 Å². The summed E-state index contributed by atoms with van der Waals surface area (Å²) in [5.41, 5.74) is 14.4. The normalized spacial score (nSPS) is 14.9. The van der Waals surface area contributed by atoms with E-state index >= 15 is 0 Å². The molecule has 6 nitrogen and oxygen atoms in total. The number of ether oxygens (including phenoxy) is 1. The topological polar surface area (TPSA) is 73.9 Å². The number of fused-ring (bicyclic) bond motifs is 10. The van der Waals surface area contributed by atoms with Crippen LogP contribution in [-0.2, 0) is 0 Å². The summed E-state index contributed by atoms with van der Waals surface area (Å²) in [6.07, 6.45) is 8.13. The van der Waals surface area contributed by atoms with Gasteiger partial charge in [-0.3, -0.25) is 4.98 Å². The Balaban J connectivity index is 0.986. The molecule has 2 atom stereocenters. The molecule has 0 spiro atoms. The molecule has 0 bridgehead atoms. The van der Waals surface area contributed by atoms with Gasteiger partial charge in [-0.1, -0.05) is 140 Å². The lowest BCUT2D eigenvalue weighted by atomic mass is 9.83. The highest BCUT2D eigenvalue weighted by molar-refractivity contribution is 6.15. The molecule has 300 valence electrons. The molecule has 13 rings (SSSR count). The van der Waals surface area contributed by atoms with Crippen LogP contribution in [0.5, 0.6) is 5.75 Å². The SMILES string of the molecule is C1=CC2c3cc(-c4cc(-c5ccc6oc7c8ccccc8ccc7c6c5)cc(-c5nc(-c6ccccc6)nc(-c6ccc(-c7cccnc7)cc6)n5)c4)ccc3OC2c2ccccc21. The molecule has 64 heavy (non-hydrogen) atoms. The van der Waals surface area contributed by atoms with E-state index in [4.69, 9.17) is 24.1 Å². The Kier molecular flexibility index (Phi) is 8.24. The Labute approximate surface area is 368 Å². The van der Waals surface area contributed by atoms with Crippen LogP contribution in [0.25, 0.3) is 106 Å². The number of nitrogens with zero attached hydrogens (tertiary/aromatic N) is 4. The molecule has 2 unspecified atom stereocenters. The van der Waals surface area contributed by atoms with Crippen molar-refractivity contribution in [1.29, 1.82) is 0 Å². The third-order valence-corrected chi connectivity index (χ3v) is 12.8. The highest BCUT2D eigenvalue weighted by atomic mass is 16.5. The molecule has 0 amide bonds. The van der Waals surface area contributed by atoms with E-state index in [0.717, 1.165) is 88.5 Å². The summed E-state index contributed by atoms with van der Waals surface area (Å²) in [7, 11) is 0. The number of hydrogen-bond donors (Lipinski definition) is 0. The zero-order valence-corrected chi connectivity index (χ0v) is 34.4. The van der Waals surface area contributed by atoms with Gasteiger partial charge in [-0.05, 0) is 98.9 Å². The fourth-order valence-electron chi connectivity index (χ4n) is 9.53. The van der Waals surface area contributed by atoms with Gasteiger partial charge in [0.05, 0.1) is 0 Å². The van der Waals surface area contributed by atoms with Crippen molar-refractivity contribution >= 4 is 38.8 Å². The number of rotatable bonds is 6. The van der Waals surface area contributed by atoms with Crippen molar-refractivity contribution in [2.45, 2.75) is 12.0 Å². The second-order valence-electron chi connectivity index (χ2n) is 16.6. The first kappa shape index (κ1) is 36.2. The number of furan rings is 1. The fourth-order valence-corrected chi connectivity index (χ4v) is 9.53. The van der Waals surface area contributed by atoms with Gasteiger partial charge in [0, 0.05) is 62.3 Å². The van der Waals surface area contributed by atoms with Crippen molar-refractivity contribution in [3.05, 3.63) is 217 Å². The van der Waals surface area contributed by atoms with Crippen LogP contribution < -0.4 is 4.74 Å². The van der Waals surface area contributed by atoms with E-state index in [1.54, 1.807) is 6.20 Å². The fraction of sp³-hybridized carbons (Fsp3) is 0.0345. The van der Waals surface area contributed by atoms with Crippen molar-refractivity contribution in [2.75, 3.05) is 0 Å². The minimum atomic E-state index is -0.0551. The van der Waals surface area contributed by atoms with Crippen LogP contribution in [0.4, 0.5) is 0 Å². The van der Waals surface area contributed by atoms with E-state index in [2.05, 4.69) is 163 Å². The molecule has 0 radical (unpaired) electrons. The van der Waals surface area contributed by atoms with Crippen molar-refractivity contribution in [3.63, 3.8) is 0 Å². The summed E-state index contributed by atoms with van der Waals surface area (Å²) in [4.78, 5) is 19.8. The lowest BCUT2D eigenvalue weighted by molar-refractivity contribution is 0.223. The van der Waals surface area contributed by atoms with Crippen LogP contribution in [0.3, 0.4) is 0 Å². The minimum Gasteiger partial charge on any atom is -0.484 e. The molecule has 1 aliphatic carbocycles. The summed E-state index contributed by atoms with van der Waals surface area (Å²) >= 11 is 0. The maximum atomic E-state index is 6.66. The van der Waals surface area contributed by atoms with E-state index in [9.17, 15) is 0 Å². The number of benzene rings is 8. The third kappa shape index (κ3) is 6.10. The Morgan fingerprint density at radius 3 is 1.92 bits per heavy atom. The molecular formula is C58H36N4O2. The maximum Gasteiger partial charge on any atom is 0.164 e. The van der Waals surface area contributed by atoms with Crippen molar-refractivity contribution in [3.8, 4) is 73.3 Å². The van der Waals surface area contributed by atoms with E-state index in [0.29, 0.717) is 17.5 Å². The molecule has 0 fully saturated rings. The van der Waals surface area contributed by atoms with Gasteiger partial charge in [0.1, 0.15) is 23.0 Å². The van der Waals surface area contributed by atoms with Gasteiger partial charge in [-0.2, -0.15) is 0 Å². The van der Waals surface area contributed by atoms with E-state index in [1.165, 1.54) is 16.7 Å². The van der Waals surface area contributed by atoms with Crippen LogP contribution in [0, 0.1) is 0 Å². The molecular weight excluding hydrogens is 785 g/mol. The minimum absolute atomic E-state index is 0.0551. The van der Waals surface area contributed by atoms with Gasteiger partial charge in [0.2, 0.25) is 0 Å². The molecule has 0 saturated carbocycles. The molecule has 6 heteroatoms. The number of pyridine rings is 1. The Morgan fingerprint density at radius 2 is 1.09 bits per heavy atom. The number of aromatic nitrogens is 4. The van der Waals surface area contributed by atoms with Crippen LogP contribution in [0.2, 0.25) is 0 Å². The Morgan fingerprint density at radius 1 is 0.422 bits per heavy atom. The highest BCUT2D eigenvalue weighted by Crippen LogP contribution is 2.51. The first-order valence-corrected chi connectivity index (χ1v) is 21.6. The van der Waals surface area contributed by atoms with Crippen LogP contribution >= 0.6 is 0 Å². The summed E-state index contributed by atoms with van der Waals surface area (Å²) < 4.78 is 13.2. The van der Waals surface area contributed by atoms with Crippen LogP contribution in [0.1, 0.15) is 28.7 Å². The van der Waals surface area contributed by atoms with E-state index < -0.39 is 0 Å². The van der Waals surface area contributed by atoms with Crippen molar-refractivity contribution < 1.29 is 9.15 Å². The second kappa shape index (κ2) is 14.6. The van der Waals surface area contributed by atoms with Crippen LogP contribution in [-0.4, -0.2) is 19.9 Å². The summed E-state index contributed by atoms with van der Waals surface area (Å²) in [5.74, 6) is 2.82. The van der Waals surface area contributed by atoms with Gasteiger partial charge in [-0.15, -0.1) is 0 Å². The first-order chi connectivity index (χ1) is 31.7. The van der Waals surface area contributed by atoms with Gasteiger partial charge < -0.3 is 9.15 Å². The van der Waals surface area contributed by atoms with Gasteiger partial charge >= 0.3 is 0 Å². The Hall–Kier alpha value is -8.48. The molecule has 3 aromatic heterocycles. The highest BCUT2D eigenvalue weighted by Gasteiger charge is 2.37. The molecule has 11 aromatic rings. The Bertz CT molecular complexity index is 3650. The van der Waals surface area contributed by atoms with E-state index in [-0.39, 0.29) is 12.0 Å². The largest absolute Gasteiger partial charge is 0.484 e. The lowest BCUT2D eigenvalue weighted by Crippen LogP contribution is -2.12. The smallest absolute Gasteiger partial charge is 0.164 e. The van der Waals surface area contributed by atoms with Gasteiger partial charge in [-0.25, -0.2) is 15.0 Å².